The van der Waals surface area contributed by atoms with Crippen molar-refractivity contribution in [3.05, 3.63) is 85.8 Å². The van der Waals surface area contributed by atoms with Crippen LogP contribution in [0.4, 0.5) is 5.69 Å². The second-order valence-corrected chi connectivity index (χ2v) is 10.6. The Bertz CT molecular complexity index is 1390. The first kappa shape index (κ1) is 26.8. The molecular weight excluding hydrogens is 624 g/mol. The highest BCUT2D eigenvalue weighted by atomic mass is 79.9. The van der Waals surface area contributed by atoms with Gasteiger partial charge in [0.15, 0.2) is 5.75 Å². The van der Waals surface area contributed by atoms with Gasteiger partial charge in [-0.15, -0.1) is 0 Å². The van der Waals surface area contributed by atoms with E-state index in [0.29, 0.717) is 37.6 Å². The molecule has 3 rings (SSSR count). The van der Waals surface area contributed by atoms with Crippen molar-refractivity contribution in [2.24, 2.45) is 0 Å². The maximum Gasteiger partial charge on any atom is 0.339 e. The minimum absolute atomic E-state index is 0.00875. The van der Waals surface area contributed by atoms with Crippen LogP contribution >= 0.6 is 43.5 Å². The Hall–Kier alpha value is -2.84. The Kier molecular flexibility index (Phi) is 8.97. The molecule has 0 aliphatic carbocycles. The number of hydrogen-bond donors (Lipinski definition) is 1. The minimum Gasteiger partial charge on any atom is -0.494 e. The lowest BCUT2D eigenvalue weighted by Crippen LogP contribution is -2.13. The molecule has 0 atom stereocenters. The molecule has 0 bridgehead atoms. The van der Waals surface area contributed by atoms with Crippen LogP contribution in [0, 0.1) is 11.3 Å². The number of hydrogen-bond acceptors (Lipinski definition) is 6. The van der Waals surface area contributed by atoms with Crippen molar-refractivity contribution in [1.82, 2.24) is 0 Å². The number of amides is 1. The van der Waals surface area contributed by atoms with Gasteiger partial charge in [0.05, 0.1) is 15.6 Å². The zero-order valence-electron chi connectivity index (χ0n) is 18.1. The van der Waals surface area contributed by atoms with Gasteiger partial charge in [0.1, 0.15) is 22.3 Å². The number of anilines is 1. The maximum atomic E-state index is 12.6. The van der Waals surface area contributed by atoms with Crippen LogP contribution < -0.4 is 14.2 Å². The van der Waals surface area contributed by atoms with Gasteiger partial charge in [0.25, 0.3) is 5.91 Å². The fraction of sp³-hybridized carbons (Fsp3) is 0.0833. The first-order valence-electron chi connectivity index (χ1n) is 9.98. The summed E-state index contributed by atoms with van der Waals surface area (Å²) in [7, 11) is -4.13. The van der Waals surface area contributed by atoms with Crippen molar-refractivity contribution >= 4 is 71.2 Å². The number of nitriles is 1. The predicted octanol–water partition coefficient (Wildman–Crippen LogP) is 6.58. The Morgan fingerprint density at radius 3 is 2.23 bits per heavy atom. The third kappa shape index (κ3) is 7.08. The van der Waals surface area contributed by atoms with Crippen LogP contribution in [0.15, 0.2) is 80.1 Å². The molecule has 0 radical (unpaired) electrons. The van der Waals surface area contributed by atoms with E-state index in [1.165, 1.54) is 42.5 Å². The lowest BCUT2D eigenvalue weighted by molar-refractivity contribution is -0.112. The third-order valence-electron chi connectivity index (χ3n) is 4.42. The molecule has 0 heterocycles. The van der Waals surface area contributed by atoms with Crippen LogP contribution in [-0.4, -0.2) is 20.9 Å². The molecule has 0 aliphatic heterocycles. The van der Waals surface area contributed by atoms with Crippen LogP contribution in [0.1, 0.15) is 12.5 Å². The Balaban J connectivity index is 1.81. The zero-order chi connectivity index (χ0) is 25.6. The molecule has 35 heavy (non-hydrogen) atoms. The van der Waals surface area contributed by atoms with Crippen molar-refractivity contribution in [2.75, 3.05) is 11.9 Å². The molecule has 0 aromatic heterocycles. The molecule has 3 aromatic carbocycles. The molecule has 0 spiro atoms. The van der Waals surface area contributed by atoms with E-state index in [0.717, 1.165) is 0 Å². The van der Waals surface area contributed by atoms with Gasteiger partial charge in [-0.25, -0.2) is 0 Å². The third-order valence-corrected chi connectivity index (χ3v) is 7.08. The van der Waals surface area contributed by atoms with Gasteiger partial charge in [-0.2, -0.15) is 13.7 Å². The van der Waals surface area contributed by atoms with Gasteiger partial charge in [-0.1, -0.05) is 11.6 Å². The van der Waals surface area contributed by atoms with E-state index in [1.54, 1.807) is 24.3 Å². The van der Waals surface area contributed by atoms with E-state index in [1.807, 2.05) is 13.0 Å². The van der Waals surface area contributed by atoms with Crippen molar-refractivity contribution in [3.8, 4) is 17.6 Å². The summed E-state index contributed by atoms with van der Waals surface area (Å²) >= 11 is 12.4. The van der Waals surface area contributed by atoms with Gasteiger partial charge in [0, 0.05) is 10.7 Å². The molecule has 3 aromatic rings. The normalized spacial score (nSPS) is 11.5. The summed E-state index contributed by atoms with van der Waals surface area (Å²) in [5.41, 5.74) is 0.802. The lowest BCUT2D eigenvalue weighted by Gasteiger charge is -2.12. The van der Waals surface area contributed by atoms with Gasteiger partial charge < -0.3 is 14.2 Å². The van der Waals surface area contributed by atoms with Crippen molar-refractivity contribution < 1.29 is 22.1 Å². The first-order valence-corrected chi connectivity index (χ1v) is 13.3. The molecule has 0 saturated carbocycles. The second-order valence-electron chi connectivity index (χ2n) is 6.89. The second kappa shape index (κ2) is 11.7. The topological polar surface area (TPSA) is 105 Å². The number of benzene rings is 3. The highest BCUT2D eigenvalue weighted by Gasteiger charge is 2.21. The average Bonchev–Trinajstić information content (AvgIpc) is 2.81. The number of nitrogens with zero attached hydrogens (tertiary/aromatic N) is 1. The monoisotopic (exact) mass is 638 g/mol. The van der Waals surface area contributed by atoms with Crippen LogP contribution in [0.2, 0.25) is 5.02 Å². The summed E-state index contributed by atoms with van der Waals surface area (Å²) in [6.45, 7) is 2.39. The summed E-state index contributed by atoms with van der Waals surface area (Å²) in [6, 6.07) is 17.2. The van der Waals surface area contributed by atoms with E-state index in [9.17, 15) is 18.5 Å². The van der Waals surface area contributed by atoms with Crippen molar-refractivity contribution in [1.29, 1.82) is 5.26 Å². The molecule has 7 nitrogen and oxygen atoms in total. The molecule has 180 valence electrons. The van der Waals surface area contributed by atoms with Gasteiger partial charge in [-0.05, 0) is 111 Å². The van der Waals surface area contributed by atoms with Crippen LogP contribution in [0.3, 0.4) is 0 Å². The van der Waals surface area contributed by atoms with Crippen LogP contribution in [0.5, 0.6) is 11.5 Å². The number of halogens is 3. The molecule has 11 heteroatoms. The molecule has 0 unspecified atom stereocenters. The number of carbonyl (C=O) groups excluding carboxylic acids is 1. The lowest BCUT2D eigenvalue weighted by atomic mass is 10.1. The maximum absolute atomic E-state index is 12.6. The minimum atomic E-state index is -4.13. The molecule has 0 fully saturated rings. The van der Waals surface area contributed by atoms with E-state index in [-0.39, 0.29) is 16.2 Å². The van der Waals surface area contributed by atoms with E-state index < -0.39 is 16.0 Å². The number of ether oxygens (including phenoxy) is 1. The van der Waals surface area contributed by atoms with Crippen LogP contribution in [-0.2, 0) is 14.9 Å². The average molecular weight is 641 g/mol. The van der Waals surface area contributed by atoms with Gasteiger partial charge in [0.2, 0.25) is 0 Å². The Labute approximate surface area is 224 Å². The standard InChI is InChI=1S/C24H17Br2ClN2O5S/c1-2-33-19-7-5-18(6-8-19)29-24(30)16(14-28)11-15-12-21(25)23(22(26)13-15)34-35(31,32)20-9-3-17(27)4-10-20/h3-13H,2H2,1H3,(H,29,30)/b16-11+. The summed E-state index contributed by atoms with van der Waals surface area (Å²) in [4.78, 5) is 12.5. The van der Waals surface area contributed by atoms with E-state index in [2.05, 4.69) is 37.2 Å². The Morgan fingerprint density at radius 1 is 1.09 bits per heavy atom. The summed E-state index contributed by atoms with van der Waals surface area (Å²) in [6.07, 6.45) is 1.37. The molecule has 1 N–H and O–H groups in total. The largest absolute Gasteiger partial charge is 0.494 e. The highest BCUT2D eigenvalue weighted by Crippen LogP contribution is 2.37. The van der Waals surface area contributed by atoms with Crippen molar-refractivity contribution in [3.63, 3.8) is 0 Å². The predicted molar refractivity (Wildman–Crippen MR) is 141 cm³/mol. The van der Waals surface area contributed by atoms with E-state index >= 15 is 0 Å². The number of carbonyl (C=O) groups is 1. The molecular formula is C24H17Br2ClN2O5S. The fourth-order valence-corrected chi connectivity index (χ4v) is 5.51. The molecule has 0 aliphatic rings. The number of rotatable bonds is 8. The Morgan fingerprint density at radius 2 is 1.69 bits per heavy atom. The highest BCUT2D eigenvalue weighted by molar-refractivity contribution is 9.11. The van der Waals surface area contributed by atoms with Crippen LogP contribution in [0.25, 0.3) is 6.08 Å². The summed E-state index contributed by atoms with van der Waals surface area (Å²) < 4.78 is 36.5. The fourth-order valence-electron chi connectivity index (χ4n) is 2.82. The van der Waals surface area contributed by atoms with Gasteiger partial charge in [-0.3, -0.25) is 4.79 Å². The molecule has 1 amide bonds. The smallest absolute Gasteiger partial charge is 0.339 e. The van der Waals surface area contributed by atoms with Crippen molar-refractivity contribution in [2.45, 2.75) is 11.8 Å². The quantitative estimate of drug-likeness (QED) is 0.170. The summed E-state index contributed by atoms with van der Waals surface area (Å²) in [5, 5.41) is 12.6. The zero-order valence-corrected chi connectivity index (χ0v) is 22.8. The molecule has 0 saturated heterocycles. The van der Waals surface area contributed by atoms with E-state index in [4.69, 9.17) is 20.5 Å². The number of nitrogens with one attached hydrogen (secondary N) is 1. The SMILES string of the molecule is CCOc1ccc(NC(=O)/C(C#N)=C/c2cc(Br)c(OS(=O)(=O)c3ccc(Cl)cc3)c(Br)c2)cc1. The summed E-state index contributed by atoms with van der Waals surface area (Å²) in [5.74, 6) is 0.0700. The first-order chi connectivity index (χ1) is 16.6. The van der Waals surface area contributed by atoms with Gasteiger partial charge >= 0.3 is 10.1 Å².